The number of anilines is 1. The van der Waals surface area contributed by atoms with Crippen LogP contribution >= 0.6 is 38.6 Å². The largest absolute Gasteiger partial charge is 0.297 e. The minimum absolute atomic E-state index is 0.187. The molecule has 0 aliphatic rings. The van der Waals surface area contributed by atoms with Crippen LogP contribution in [0.25, 0.3) is 6.08 Å². The zero-order valence-corrected chi connectivity index (χ0v) is 14.1. The average Bonchev–Trinajstić information content (AvgIpc) is 3.03. The second-order valence-electron chi connectivity index (χ2n) is 4.07. The highest BCUT2D eigenvalue weighted by Crippen LogP contribution is 2.23. The topological polar surface area (TPSA) is 54.9 Å². The van der Waals surface area contributed by atoms with Crippen LogP contribution in [0.3, 0.4) is 0 Å². The molecule has 0 saturated carbocycles. The molecular formula is C13H14BrN3OS2. The predicted molar refractivity (Wildman–Crippen MR) is 88.2 cm³/mol. The Hall–Kier alpha value is -1.05. The fraction of sp³-hybridized carbons (Fsp3) is 0.308. The number of nitrogens with zero attached hydrogens (tertiary/aromatic N) is 2. The summed E-state index contributed by atoms with van der Waals surface area (Å²) in [7, 11) is 0. The Morgan fingerprint density at radius 1 is 1.40 bits per heavy atom. The first kappa shape index (κ1) is 15.3. The fourth-order valence-electron chi connectivity index (χ4n) is 1.46. The van der Waals surface area contributed by atoms with Crippen LogP contribution in [-0.4, -0.2) is 16.1 Å². The number of rotatable bonds is 6. The number of aromatic nitrogens is 2. The molecule has 0 radical (unpaired) electrons. The monoisotopic (exact) mass is 371 g/mol. The van der Waals surface area contributed by atoms with E-state index in [4.69, 9.17) is 0 Å². The van der Waals surface area contributed by atoms with Crippen molar-refractivity contribution in [1.29, 1.82) is 0 Å². The second-order valence-corrected chi connectivity index (χ2v) is 7.63. The van der Waals surface area contributed by atoms with Crippen molar-refractivity contribution in [2.75, 3.05) is 5.32 Å². The van der Waals surface area contributed by atoms with Gasteiger partial charge in [-0.1, -0.05) is 24.7 Å². The highest BCUT2D eigenvalue weighted by atomic mass is 79.9. The van der Waals surface area contributed by atoms with Crippen LogP contribution in [0.1, 0.15) is 29.7 Å². The Bertz CT molecular complexity index is 606. The number of carbonyl (C=O) groups excluding carboxylic acids is 1. The number of carbonyl (C=O) groups is 1. The van der Waals surface area contributed by atoms with Crippen LogP contribution in [0.2, 0.25) is 0 Å². The van der Waals surface area contributed by atoms with E-state index in [-0.39, 0.29) is 5.91 Å². The lowest BCUT2D eigenvalue weighted by atomic mass is 10.3. The molecule has 0 saturated heterocycles. The Kier molecular flexibility index (Phi) is 5.87. The Balaban J connectivity index is 1.87. The molecule has 7 heteroatoms. The van der Waals surface area contributed by atoms with Gasteiger partial charge in [-0.3, -0.25) is 10.1 Å². The Morgan fingerprint density at radius 3 is 2.95 bits per heavy atom. The summed E-state index contributed by atoms with van der Waals surface area (Å²) in [5, 5.41) is 12.3. The van der Waals surface area contributed by atoms with Gasteiger partial charge >= 0.3 is 0 Å². The van der Waals surface area contributed by atoms with E-state index in [1.165, 1.54) is 17.4 Å². The van der Waals surface area contributed by atoms with Crippen LogP contribution < -0.4 is 5.32 Å². The third-order valence-electron chi connectivity index (χ3n) is 2.43. The smallest absolute Gasteiger partial charge is 0.250 e. The van der Waals surface area contributed by atoms with Gasteiger partial charge in [0.05, 0.1) is 3.79 Å². The summed E-state index contributed by atoms with van der Waals surface area (Å²) in [4.78, 5) is 12.8. The lowest BCUT2D eigenvalue weighted by Gasteiger charge is -1.93. The van der Waals surface area contributed by atoms with Crippen LogP contribution in [0.5, 0.6) is 0 Å². The second kappa shape index (κ2) is 7.66. The maximum absolute atomic E-state index is 11.7. The van der Waals surface area contributed by atoms with Crippen LogP contribution in [0, 0.1) is 0 Å². The summed E-state index contributed by atoms with van der Waals surface area (Å²) in [6.45, 7) is 2.14. The molecule has 0 aliphatic carbocycles. The van der Waals surface area contributed by atoms with E-state index in [1.807, 2.05) is 12.1 Å². The standard InChI is InChI=1S/C13H14BrN3OS2/c1-2-3-4-12-16-17-13(20-12)15-11(18)8-6-9-5-7-10(14)19-9/h5-8H,2-4H2,1H3,(H,15,17,18). The van der Waals surface area contributed by atoms with E-state index < -0.39 is 0 Å². The summed E-state index contributed by atoms with van der Waals surface area (Å²) in [6, 6.07) is 3.90. The van der Waals surface area contributed by atoms with E-state index in [2.05, 4.69) is 38.4 Å². The molecule has 2 aromatic heterocycles. The van der Waals surface area contributed by atoms with Crippen LogP contribution in [0.4, 0.5) is 5.13 Å². The minimum Gasteiger partial charge on any atom is -0.297 e. The number of amides is 1. The first-order valence-electron chi connectivity index (χ1n) is 6.24. The van der Waals surface area contributed by atoms with Crippen molar-refractivity contribution in [1.82, 2.24) is 10.2 Å². The van der Waals surface area contributed by atoms with Crippen LogP contribution in [-0.2, 0) is 11.2 Å². The van der Waals surface area contributed by atoms with Crippen molar-refractivity contribution in [2.24, 2.45) is 0 Å². The zero-order valence-electron chi connectivity index (χ0n) is 10.9. The van der Waals surface area contributed by atoms with E-state index in [0.29, 0.717) is 5.13 Å². The van der Waals surface area contributed by atoms with Crippen LogP contribution in [0.15, 0.2) is 22.0 Å². The molecule has 2 aromatic rings. The number of hydrogen-bond donors (Lipinski definition) is 1. The Morgan fingerprint density at radius 2 is 2.25 bits per heavy atom. The summed E-state index contributed by atoms with van der Waals surface area (Å²) < 4.78 is 1.04. The lowest BCUT2D eigenvalue weighted by Crippen LogP contribution is -2.07. The summed E-state index contributed by atoms with van der Waals surface area (Å²) >= 11 is 6.39. The summed E-state index contributed by atoms with van der Waals surface area (Å²) in [5.41, 5.74) is 0. The van der Waals surface area contributed by atoms with Gasteiger partial charge in [-0.2, -0.15) is 0 Å². The number of hydrogen-bond acceptors (Lipinski definition) is 5. The highest BCUT2D eigenvalue weighted by molar-refractivity contribution is 9.11. The zero-order chi connectivity index (χ0) is 14.4. The third kappa shape index (κ3) is 4.81. The van der Waals surface area contributed by atoms with Gasteiger partial charge in [0.15, 0.2) is 0 Å². The molecular weight excluding hydrogens is 358 g/mol. The fourth-order valence-corrected chi connectivity index (χ4v) is 3.57. The van der Waals surface area contributed by atoms with Gasteiger partial charge in [-0.15, -0.1) is 21.5 Å². The van der Waals surface area contributed by atoms with Gasteiger partial charge in [-0.05, 0) is 40.6 Å². The van der Waals surface area contributed by atoms with Crippen molar-refractivity contribution in [3.05, 3.63) is 31.9 Å². The van der Waals surface area contributed by atoms with Crippen molar-refractivity contribution < 1.29 is 4.79 Å². The molecule has 106 valence electrons. The average molecular weight is 372 g/mol. The van der Waals surface area contributed by atoms with Gasteiger partial charge in [0, 0.05) is 17.4 Å². The lowest BCUT2D eigenvalue weighted by molar-refractivity contribution is -0.111. The molecule has 20 heavy (non-hydrogen) atoms. The van der Waals surface area contributed by atoms with Gasteiger partial charge in [0.2, 0.25) is 11.0 Å². The number of halogens is 1. The molecule has 1 N–H and O–H groups in total. The van der Waals surface area contributed by atoms with E-state index in [9.17, 15) is 4.79 Å². The highest BCUT2D eigenvalue weighted by Gasteiger charge is 2.05. The van der Waals surface area contributed by atoms with Crippen molar-refractivity contribution in [2.45, 2.75) is 26.2 Å². The number of aryl methyl sites for hydroxylation is 1. The third-order valence-corrected chi connectivity index (χ3v) is 4.92. The van der Waals surface area contributed by atoms with Gasteiger partial charge in [-0.25, -0.2) is 0 Å². The molecule has 0 spiro atoms. The molecule has 0 fully saturated rings. The number of thiophene rings is 1. The SMILES string of the molecule is CCCCc1nnc(NC(=O)C=Cc2ccc(Br)s2)s1. The van der Waals surface area contributed by atoms with E-state index in [1.54, 1.807) is 17.4 Å². The molecule has 1 amide bonds. The van der Waals surface area contributed by atoms with Gasteiger partial charge in [0.1, 0.15) is 5.01 Å². The quantitative estimate of drug-likeness (QED) is 0.767. The van der Waals surface area contributed by atoms with Crippen molar-refractivity contribution in [3.63, 3.8) is 0 Å². The molecule has 0 unspecified atom stereocenters. The molecule has 2 rings (SSSR count). The maximum Gasteiger partial charge on any atom is 0.250 e. The molecule has 0 bridgehead atoms. The van der Waals surface area contributed by atoms with E-state index in [0.717, 1.165) is 32.9 Å². The first-order valence-corrected chi connectivity index (χ1v) is 8.66. The summed E-state index contributed by atoms with van der Waals surface area (Å²) in [5.74, 6) is -0.187. The van der Waals surface area contributed by atoms with Gasteiger partial charge in [0.25, 0.3) is 0 Å². The summed E-state index contributed by atoms with van der Waals surface area (Å²) in [6.07, 6.45) is 6.42. The molecule has 4 nitrogen and oxygen atoms in total. The minimum atomic E-state index is -0.187. The molecule has 0 aliphatic heterocycles. The van der Waals surface area contributed by atoms with Crippen molar-refractivity contribution >= 4 is 55.7 Å². The van der Waals surface area contributed by atoms with Crippen molar-refractivity contribution in [3.8, 4) is 0 Å². The maximum atomic E-state index is 11.7. The number of nitrogens with one attached hydrogen (secondary N) is 1. The molecule has 0 aromatic carbocycles. The predicted octanol–water partition coefficient (Wildman–Crippen LogP) is 4.36. The normalized spacial score (nSPS) is 11.1. The Labute approximate surface area is 134 Å². The number of unbranched alkanes of at least 4 members (excludes halogenated alkanes) is 1. The first-order chi connectivity index (χ1) is 9.67. The molecule has 0 atom stereocenters. The van der Waals surface area contributed by atoms with E-state index >= 15 is 0 Å². The van der Waals surface area contributed by atoms with Gasteiger partial charge < -0.3 is 0 Å². The molecule has 2 heterocycles.